The quantitative estimate of drug-likeness (QED) is 0.445. The Balaban J connectivity index is 1.89. The first-order chi connectivity index (χ1) is 12.3. The minimum Gasteiger partial charge on any atom is -0.302 e. The van der Waals surface area contributed by atoms with Gasteiger partial charge in [-0.1, -0.05) is 36.4 Å². The van der Waals surface area contributed by atoms with Gasteiger partial charge in [0.2, 0.25) is 0 Å². The number of para-hydroxylation sites is 1. The van der Waals surface area contributed by atoms with Crippen LogP contribution in [-0.2, 0) is 13.0 Å². The molecule has 1 aliphatic heterocycles. The number of rotatable bonds is 2. The van der Waals surface area contributed by atoms with E-state index in [4.69, 9.17) is 16.6 Å². The van der Waals surface area contributed by atoms with Crippen LogP contribution in [0.5, 0.6) is 0 Å². The van der Waals surface area contributed by atoms with Crippen molar-refractivity contribution < 1.29 is 0 Å². The number of aromatic nitrogens is 2. The molecule has 0 saturated heterocycles. The second-order valence-electron chi connectivity index (χ2n) is 6.38. The third kappa shape index (κ3) is 2.06. The highest BCUT2D eigenvalue weighted by atomic mass is 35.5. The van der Waals surface area contributed by atoms with Gasteiger partial charge in [-0.05, 0) is 35.6 Å². The normalized spacial score (nSPS) is 12.5. The van der Waals surface area contributed by atoms with Crippen molar-refractivity contribution >= 4 is 33.3 Å². The van der Waals surface area contributed by atoms with Gasteiger partial charge in [-0.2, -0.15) is 0 Å². The van der Waals surface area contributed by atoms with Crippen LogP contribution < -0.4 is 5.56 Å². The minimum atomic E-state index is 0.0481. The van der Waals surface area contributed by atoms with Crippen molar-refractivity contribution in [1.82, 2.24) is 9.55 Å². The van der Waals surface area contributed by atoms with Crippen molar-refractivity contribution in [3.05, 3.63) is 76.1 Å². The van der Waals surface area contributed by atoms with Gasteiger partial charge in [0.1, 0.15) is 0 Å². The third-order valence-corrected chi connectivity index (χ3v) is 5.22. The molecular formula is C21H15ClN2O. The molecule has 0 radical (unpaired) electrons. The zero-order valence-electron chi connectivity index (χ0n) is 13.5. The highest BCUT2D eigenvalue weighted by molar-refractivity contribution is 6.18. The lowest BCUT2D eigenvalue weighted by Gasteiger charge is -2.10. The summed E-state index contributed by atoms with van der Waals surface area (Å²) in [5.41, 5.74) is 5.17. The molecule has 4 aromatic rings. The van der Waals surface area contributed by atoms with E-state index >= 15 is 0 Å². The number of aryl methyl sites for hydroxylation is 1. The molecule has 25 heavy (non-hydrogen) atoms. The smallest absolute Gasteiger partial charge is 0.259 e. The van der Waals surface area contributed by atoms with E-state index in [-0.39, 0.29) is 5.56 Å². The van der Waals surface area contributed by atoms with Crippen molar-refractivity contribution in [3.8, 4) is 11.4 Å². The van der Waals surface area contributed by atoms with Crippen molar-refractivity contribution in [2.24, 2.45) is 0 Å². The number of alkyl halides is 1. The van der Waals surface area contributed by atoms with Crippen LogP contribution in [0, 0.1) is 0 Å². The second kappa shape index (κ2) is 5.43. The number of hydrogen-bond acceptors (Lipinski definition) is 2. The molecule has 3 nitrogen and oxygen atoms in total. The van der Waals surface area contributed by atoms with E-state index in [1.54, 1.807) is 0 Å². The predicted octanol–water partition coefficient (Wildman–Crippen LogP) is 4.36. The summed E-state index contributed by atoms with van der Waals surface area (Å²) in [4.78, 5) is 17.8. The molecule has 2 aromatic carbocycles. The first-order valence-corrected chi connectivity index (χ1v) is 8.91. The van der Waals surface area contributed by atoms with Gasteiger partial charge >= 0.3 is 0 Å². The zero-order chi connectivity index (χ0) is 17.0. The van der Waals surface area contributed by atoms with E-state index < -0.39 is 0 Å². The van der Waals surface area contributed by atoms with Gasteiger partial charge in [0, 0.05) is 22.2 Å². The lowest BCUT2D eigenvalue weighted by Crippen LogP contribution is -2.19. The molecule has 5 rings (SSSR count). The molecule has 3 heterocycles. The van der Waals surface area contributed by atoms with Crippen LogP contribution in [0.2, 0.25) is 0 Å². The van der Waals surface area contributed by atoms with E-state index in [1.807, 2.05) is 47.0 Å². The molecule has 0 N–H and O–H groups in total. The standard InChI is InChI=1S/C21H15ClN2O/c22-10-9-15-16-7-3-4-8-18(16)23-20-17(15)12-24-19(20)11-13-5-1-2-6-14(13)21(24)25/h1-8,11H,9-10,12H2. The summed E-state index contributed by atoms with van der Waals surface area (Å²) in [6.45, 7) is 0.568. The van der Waals surface area contributed by atoms with Crippen LogP contribution >= 0.6 is 11.6 Å². The number of fused-ring (bicyclic) bond motifs is 5. The van der Waals surface area contributed by atoms with Crippen LogP contribution in [0.25, 0.3) is 33.1 Å². The van der Waals surface area contributed by atoms with Crippen molar-refractivity contribution in [2.45, 2.75) is 13.0 Å². The Bertz CT molecular complexity index is 1210. The van der Waals surface area contributed by atoms with Crippen LogP contribution in [0.4, 0.5) is 0 Å². The molecular weight excluding hydrogens is 332 g/mol. The molecule has 1 aliphatic rings. The summed E-state index contributed by atoms with van der Waals surface area (Å²) in [5.74, 6) is 0.549. The minimum absolute atomic E-state index is 0.0481. The molecule has 0 fully saturated rings. The first kappa shape index (κ1) is 14.7. The molecule has 4 heteroatoms. The summed E-state index contributed by atoms with van der Waals surface area (Å²) in [6.07, 6.45) is 0.773. The third-order valence-electron chi connectivity index (χ3n) is 5.03. The molecule has 0 saturated carbocycles. The summed E-state index contributed by atoms with van der Waals surface area (Å²) < 4.78 is 1.84. The molecule has 2 aromatic heterocycles. The Labute approximate surface area is 149 Å². The molecule has 0 unspecified atom stereocenters. The maximum Gasteiger partial charge on any atom is 0.259 e. The maximum absolute atomic E-state index is 13.0. The zero-order valence-corrected chi connectivity index (χ0v) is 14.3. The summed E-state index contributed by atoms with van der Waals surface area (Å²) >= 11 is 6.08. The highest BCUT2D eigenvalue weighted by Gasteiger charge is 2.26. The van der Waals surface area contributed by atoms with Gasteiger partial charge in [0.05, 0.1) is 23.4 Å². The average molecular weight is 347 g/mol. The first-order valence-electron chi connectivity index (χ1n) is 8.37. The van der Waals surface area contributed by atoms with Gasteiger partial charge in [-0.3, -0.25) is 4.79 Å². The van der Waals surface area contributed by atoms with Crippen LogP contribution in [0.15, 0.2) is 59.4 Å². The number of hydrogen-bond donors (Lipinski definition) is 0. The SMILES string of the molecule is O=c1c2ccccc2cc2n1Cc1c-2nc2ccccc2c1CCCl. The fourth-order valence-corrected chi connectivity index (χ4v) is 4.08. The lowest BCUT2D eigenvalue weighted by atomic mass is 9.98. The van der Waals surface area contributed by atoms with Gasteiger partial charge in [-0.15, -0.1) is 11.6 Å². The fraction of sp³-hybridized carbons (Fsp3) is 0.143. The Hall–Kier alpha value is -2.65. The maximum atomic E-state index is 13.0. The lowest BCUT2D eigenvalue weighted by molar-refractivity contribution is 0.806. The highest BCUT2D eigenvalue weighted by Crippen LogP contribution is 2.36. The molecule has 0 aliphatic carbocycles. The predicted molar refractivity (Wildman–Crippen MR) is 102 cm³/mol. The monoisotopic (exact) mass is 346 g/mol. The van der Waals surface area contributed by atoms with E-state index in [9.17, 15) is 4.79 Å². The fourth-order valence-electron chi connectivity index (χ4n) is 3.89. The molecule has 0 bridgehead atoms. The summed E-state index contributed by atoms with van der Waals surface area (Å²) in [6, 6.07) is 17.9. The largest absolute Gasteiger partial charge is 0.302 e. The number of pyridine rings is 2. The second-order valence-corrected chi connectivity index (χ2v) is 6.76. The summed E-state index contributed by atoms with van der Waals surface area (Å²) in [5, 5.41) is 2.84. The van der Waals surface area contributed by atoms with Crippen molar-refractivity contribution in [3.63, 3.8) is 0 Å². The number of benzene rings is 2. The Morgan fingerprint density at radius 1 is 1.04 bits per heavy atom. The van der Waals surface area contributed by atoms with Crippen LogP contribution in [0.1, 0.15) is 11.1 Å². The van der Waals surface area contributed by atoms with Crippen molar-refractivity contribution in [1.29, 1.82) is 0 Å². The van der Waals surface area contributed by atoms with Gasteiger partial charge in [-0.25, -0.2) is 4.98 Å². The summed E-state index contributed by atoms with van der Waals surface area (Å²) in [7, 11) is 0. The Morgan fingerprint density at radius 3 is 2.64 bits per heavy atom. The number of nitrogens with zero attached hydrogens (tertiary/aromatic N) is 2. The van der Waals surface area contributed by atoms with E-state index in [1.165, 1.54) is 5.56 Å². The Kier molecular flexibility index (Phi) is 3.19. The van der Waals surface area contributed by atoms with E-state index in [2.05, 4.69) is 12.1 Å². The van der Waals surface area contributed by atoms with Gasteiger partial charge < -0.3 is 4.57 Å². The van der Waals surface area contributed by atoms with Crippen LogP contribution in [0.3, 0.4) is 0 Å². The number of halogens is 1. The molecule has 122 valence electrons. The van der Waals surface area contributed by atoms with E-state index in [0.717, 1.165) is 45.0 Å². The van der Waals surface area contributed by atoms with Crippen LogP contribution in [-0.4, -0.2) is 15.4 Å². The van der Waals surface area contributed by atoms with Gasteiger partial charge in [0.25, 0.3) is 5.56 Å². The van der Waals surface area contributed by atoms with Gasteiger partial charge in [0.15, 0.2) is 0 Å². The Morgan fingerprint density at radius 2 is 1.80 bits per heavy atom. The topological polar surface area (TPSA) is 34.9 Å². The average Bonchev–Trinajstić information content (AvgIpc) is 3.01. The van der Waals surface area contributed by atoms with Crippen molar-refractivity contribution in [2.75, 3.05) is 5.88 Å². The molecule has 0 amide bonds. The van der Waals surface area contributed by atoms with E-state index in [0.29, 0.717) is 12.4 Å². The molecule has 0 spiro atoms. The molecule has 0 atom stereocenters.